The van der Waals surface area contributed by atoms with E-state index in [1.807, 2.05) is 17.9 Å². The first-order valence-corrected chi connectivity index (χ1v) is 9.26. The van der Waals surface area contributed by atoms with E-state index in [0.717, 1.165) is 61.8 Å². The Hall–Kier alpha value is -2.24. The number of amides is 1. The fourth-order valence-corrected chi connectivity index (χ4v) is 3.64. The van der Waals surface area contributed by atoms with Gasteiger partial charge in [0.1, 0.15) is 11.5 Å². The molecule has 134 valence electrons. The second-order valence-corrected chi connectivity index (χ2v) is 6.80. The molecule has 0 aliphatic carbocycles. The van der Waals surface area contributed by atoms with E-state index < -0.39 is 0 Å². The molecule has 3 heterocycles. The van der Waals surface area contributed by atoms with Gasteiger partial charge in [-0.25, -0.2) is 15.0 Å². The van der Waals surface area contributed by atoms with Gasteiger partial charge in [0, 0.05) is 43.0 Å². The highest BCUT2D eigenvalue weighted by Crippen LogP contribution is 2.29. The predicted molar refractivity (Wildman–Crippen MR) is 97.0 cm³/mol. The molecule has 0 radical (unpaired) electrons. The van der Waals surface area contributed by atoms with Crippen LogP contribution in [-0.2, 0) is 4.79 Å². The van der Waals surface area contributed by atoms with Crippen molar-refractivity contribution in [3.05, 3.63) is 30.0 Å². The molecule has 0 aromatic carbocycles. The lowest BCUT2D eigenvalue weighted by Crippen LogP contribution is -2.42. The number of piperidine rings is 1. The minimum atomic E-state index is 0.143. The molecule has 3 rings (SSSR count). The van der Waals surface area contributed by atoms with Crippen LogP contribution in [0.2, 0.25) is 0 Å². The fraction of sp³-hybridized carbons (Fsp3) is 0.579. The molecule has 1 saturated heterocycles. The van der Waals surface area contributed by atoms with Gasteiger partial charge in [0.2, 0.25) is 5.91 Å². The van der Waals surface area contributed by atoms with E-state index in [0.29, 0.717) is 5.91 Å². The quantitative estimate of drug-likeness (QED) is 0.905. The second kappa shape index (κ2) is 7.76. The third kappa shape index (κ3) is 3.89. The summed E-state index contributed by atoms with van der Waals surface area (Å²) in [5.74, 6) is 2.21. The largest absolute Gasteiger partial charge is 0.343 e. The minimum absolute atomic E-state index is 0.143. The zero-order valence-electron chi connectivity index (χ0n) is 15.3. The first-order valence-electron chi connectivity index (χ1n) is 9.26. The van der Waals surface area contributed by atoms with E-state index in [9.17, 15) is 4.79 Å². The van der Waals surface area contributed by atoms with Gasteiger partial charge in [-0.15, -0.1) is 0 Å². The Balaban J connectivity index is 1.81. The summed E-state index contributed by atoms with van der Waals surface area (Å²) in [6.45, 7) is 7.71. The monoisotopic (exact) mass is 341 g/mol. The van der Waals surface area contributed by atoms with E-state index >= 15 is 0 Å². The van der Waals surface area contributed by atoms with Gasteiger partial charge in [-0.3, -0.25) is 4.79 Å². The SMILES string of the molecule is CCC(CC)C(=O)N1CCC[C@H](c2cc(-c3ncc[nH]3)nc(C)n2)C1. The summed E-state index contributed by atoms with van der Waals surface area (Å²) in [7, 11) is 0. The molecule has 0 bridgehead atoms. The Morgan fingerprint density at radius 3 is 2.84 bits per heavy atom. The van der Waals surface area contributed by atoms with Crippen molar-refractivity contribution in [3.63, 3.8) is 0 Å². The van der Waals surface area contributed by atoms with Crippen LogP contribution < -0.4 is 0 Å². The van der Waals surface area contributed by atoms with Gasteiger partial charge in [-0.1, -0.05) is 13.8 Å². The van der Waals surface area contributed by atoms with Crippen LogP contribution in [0.25, 0.3) is 11.5 Å². The number of likely N-dealkylation sites (tertiary alicyclic amines) is 1. The van der Waals surface area contributed by atoms with Gasteiger partial charge in [0.25, 0.3) is 0 Å². The molecule has 6 heteroatoms. The summed E-state index contributed by atoms with van der Waals surface area (Å²) in [5, 5.41) is 0. The van der Waals surface area contributed by atoms with Gasteiger partial charge >= 0.3 is 0 Å². The molecule has 1 atom stereocenters. The van der Waals surface area contributed by atoms with Gasteiger partial charge in [0.05, 0.1) is 0 Å². The maximum atomic E-state index is 12.7. The summed E-state index contributed by atoms with van der Waals surface area (Å²) in [5.41, 5.74) is 1.83. The van der Waals surface area contributed by atoms with Gasteiger partial charge in [-0.2, -0.15) is 0 Å². The molecular formula is C19H27N5O. The summed E-state index contributed by atoms with van der Waals surface area (Å²) in [6.07, 6.45) is 7.42. The molecule has 1 amide bonds. The number of H-pyrrole nitrogens is 1. The molecule has 2 aromatic rings. The number of aryl methyl sites for hydroxylation is 1. The Labute approximate surface area is 149 Å². The highest BCUT2D eigenvalue weighted by molar-refractivity contribution is 5.79. The molecule has 1 N–H and O–H groups in total. The van der Waals surface area contributed by atoms with E-state index in [4.69, 9.17) is 0 Å². The number of carbonyl (C=O) groups is 1. The molecular weight excluding hydrogens is 314 g/mol. The number of rotatable bonds is 5. The summed E-state index contributed by atoms with van der Waals surface area (Å²) in [6, 6.07) is 2.02. The van der Waals surface area contributed by atoms with Crippen molar-refractivity contribution in [2.75, 3.05) is 13.1 Å². The summed E-state index contributed by atoms with van der Waals surface area (Å²) in [4.78, 5) is 31.3. The maximum absolute atomic E-state index is 12.7. The van der Waals surface area contributed by atoms with Crippen LogP contribution in [0.1, 0.15) is 57.0 Å². The number of hydrogen-bond acceptors (Lipinski definition) is 4. The van der Waals surface area contributed by atoms with E-state index in [2.05, 4.69) is 33.8 Å². The van der Waals surface area contributed by atoms with Crippen molar-refractivity contribution in [1.29, 1.82) is 0 Å². The Bertz CT molecular complexity index is 709. The fourth-order valence-electron chi connectivity index (χ4n) is 3.64. The zero-order valence-corrected chi connectivity index (χ0v) is 15.3. The number of carbonyl (C=O) groups excluding carboxylic acids is 1. The van der Waals surface area contributed by atoms with E-state index in [1.165, 1.54) is 0 Å². The highest BCUT2D eigenvalue weighted by Gasteiger charge is 2.29. The Morgan fingerprint density at radius 2 is 2.16 bits per heavy atom. The standard InChI is InChI=1S/C19H27N5O/c1-4-14(5-2)19(25)24-10-6-7-15(12-24)16-11-17(23-13(3)22-16)18-20-8-9-21-18/h8-9,11,14-15H,4-7,10,12H2,1-3H3,(H,20,21)/t15-/m0/s1. The lowest BCUT2D eigenvalue weighted by Gasteiger charge is -2.34. The topological polar surface area (TPSA) is 74.8 Å². The van der Waals surface area contributed by atoms with Crippen LogP contribution in [0.3, 0.4) is 0 Å². The molecule has 1 aliphatic rings. The third-order valence-electron chi connectivity index (χ3n) is 5.08. The van der Waals surface area contributed by atoms with E-state index in [-0.39, 0.29) is 11.8 Å². The van der Waals surface area contributed by atoms with Crippen LogP contribution in [-0.4, -0.2) is 43.8 Å². The molecule has 0 spiro atoms. The number of aromatic amines is 1. The lowest BCUT2D eigenvalue weighted by atomic mass is 9.92. The molecule has 6 nitrogen and oxygen atoms in total. The van der Waals surface area contributed by atoms with Crippen LogP contribution in [0, 0.1) is 12.8 Å². The van der Waals surface area contributed by atoms with Crippen molar-refractivity contribution < 1.29 is 4.79 Å². The molecule has 25 heavy (non-hydrogen) atoms. The number of imidazole rings is 1. The number of hydrogen-bond donors (Lipinski definition) is 1. The maximum Gasteiger partial charge on any atom is 0.225 e. The molecule has 1 fully saturated rings. The number of aromatic nitrogens is 4. The average molecular weight is 341 g/mol. The average Bonchev–Trinajstić information content (AvgIpc) is 3.17. The van der Waals surface area contributed by atoms with E-state index in [1.54, 1.807) is 12.4 Å². The third-order valence-corrected chi connectivity index (χ3v) is 5.08. The normalized spacial score (nSPS) is 17.9. The molecule has 2 aromatic heterocycles. The van der Waals surface area contributed by atoms with Crippen molar-refractivity contribution >= 4 is 5.91 Å². The number of nitrogens with one attached hydrogen (secondary N) is 1. The van der Waals surface area contributed by atoms with Crippen LogP contribution >= 0.6 is 0 Å². The first-order chi connectivity index (χ1) is 12.1. The van der Waals surface area contributed by atoms with Crippen molar-refractivity contribution in [2.45, 2.75) is 52.4 Å². The van der Waals surface area contributed by atoms with Crippen molar-refractivity contribution in [2.24, 2.45) is 5.92 Å². The Morgan fingerprint density at radius 1 is 1.36 bits per heavy atom. The number of nitrogens with zero attached hydrogens (tertiary/aromatic N) is 4. The zero-order chi connectivity index (χ0) is 17.8. The second-order valence-electron chi connectivity index (χ2n) is 6.80. The van der Waals surface area contributed by atoms with Crippen molar-refractivity contribution in [1.82, 2.24) is 24.8 Å². The van der Waals surface area contributed by atoms with Crippen LogP contribution in [0.5, 0.6) is 0 Å². The van der Waals surface area contributed by atoms with Gasteiger partial charge in [0.15, 0.2) is 5.82 Å². The first kappa shape index (κ1) is 17.6. The molecule has 0 saturated carbocycles. The lowest BCUT2D eigenvalue weighted by molar-refractivity contribution is -0.137. The van der Waals surface area contributed by atoms with Crippen LogP contribution in [0.15, 0.2) is 18.5 Å². The highest BCUT2D eigenvalue weighted by atomic mass is 16.2. The summed E-state index contributed by atoms with van der Waals surface area (Å²) < 4.78 is 0. The van der Waals surface area contributed by atoms with Crippen LogP contribution in [0.4, 0.5) is 0 Å². The molecule has 1 aliphatic heterocycles. The summed E-state index contributed by atoms with van der Waals surface area (Å²) >= 11 is 0. The van der Waals surface area contributed by atoms with Crippen molar-refractivity contribution in [3.8, 4) is 11.5 Å². The van der Waals surface area contributed by atoms with Gasteiger partial charge in [-0.05, 0) is 38.7 Å². The smallest absolute Gasteiger partial charge is 0.225 e. The predicted octanol–water partition coefficient (Wildman–Crippen LogP) is 3.32. The molecule has 0 unspecified atom stereocenters. The Kier molecular flexibility index (Phi) is 5.46. The van der Waals surface area contributed by atoms with Gasteiger partial charge < -0.3 is 9.88 Å². The minimum Gasteiger partial charge on any atom is -0.343 e.